The van der Waals surface area contributed by atoms with Gasteiger partial charge in [0.2, 0.25) is 0 Å². The first-order chi connectivity index (χ1) is 9.13. The van der Waals surface area contributed by atoms with Gasteiger partial charge >= 0.3 is 5.97 Å². The summed E-state index contributed by atoms with van der Waals surface area (Å²) in [6.07, 6.45) is 0.491. The largest absolute Gasteiger partial charge is 0.493 e. The van der Waals surface area contributed by atoms with Gasteiger partial charge in [0, 0.05) is 23.6 Å². The SMILES string of the molecule is COc1cc2ccc(CCC(=O)O)nc2cc1OC. The second kappa shape index (κ2) is 5.56. The molecule has 5 heteroatoms. The highest BCUT2D eigenvalue weighted by Gasteiger charge is 2.08. The molecule has 0 atom stereocenters. The predicted molar refractivity (Wildman–Crippen MR) is 70.8 cm³/mol. The monoisotopic (exact) mass is 261 g/mol. The molecule has 0 aliphatic rings. The molecule has 1 heterocycles. The highest BCUT2D eigenvalue weighted by molar-refractivity contribution is 5.82. The van der Waals surface area contributed by atoms with Crippen molar-refractivity contribution in [2.45, 2.75) is 12.8 Å². The van der Waals surface area contributed by atoms with E-state index in [1.54, 1.807) is 20.3 Å². The number of aryl methyl sites for hydroxylation is 1. The summed E-state index contributed by atoms with van der Waals surface area (Å²) < 4.78 is 10.4. The number of fused-ring (bicyclic) bond motifs is 1. The molecule has 0 radical (unpaired) electrons. The first-order valence-electron chi connectivity index (χ1n) is 5.87. The van der Waals surface area contributed by atoms with Crippen LogP contribution < -0.4 is 9.47 Å². The van der Waals surface area contributed by atoms with Gasteiger partial charge in [-0.15, -0.1) is 0 Å². The van der Waals surface area contributed by atoms with Crippen LogP contribution in [-0.2, 0) is 11.2 Å². The third-order valence-corrected chi connectivity index (χ3v) is 2.85. The summed E-state index contributed by atoms with van der Waals surface area (Å²) >= 11 is 0. The number of aromatic nitrogens is 1. The van der Waals surface area contributed by atoms with E-state index in [-0.39, 0.29) is 6.42 Å². The lowest BCUT2D eigenvalue weighted by Crippen LogP contribution is -1.99. The summed E-state index contributed by atoms with van der Waals surface area (Å²) in [7, 11) is 3.15. The topological polar surface area (TPSA) is 68.7 Å². The number of hydrogen-bond acceptors (Lipinski definition) is 4. The van der Waals surface area contributed by atoms with E-state index in [0.717, 1.165) is 16.6 Å². The van der Waals surface area contributed by atoms with Gasteiger partial charge in [-0.2, -0.15) is 0 Å². The van der Waals surface area contributed by atoms with Crippen LogP contribution in [-0.4, -0.2) is 30.3 Å². The van der Waals surface area contributed by atoms with Crippen LogP contribution in [0, 0.1) is 0 Å². The summed E-state index contributed by atoms with van der Waals surface area (Å²) in [5.74, 6) is 0.433. The van der Waals surface area contributed by atoms with Crippen LogP contribution in [0.4, 0.5) is 0 Å². The van der Waals surface area contributed by atoms with Crippen molar-refractivity contribution in [2.75, 3.05) is 14.2 Å². The summed E-state index contributed by atoms with van der Waals surface area (Å²) in [4.78, 5) is 15.0. The molecule has 2 rings (SSSR count). The minimum atomic E-state index is -0.825. The Balaban J connectivity index is 2.39. The lowest BCUT2D eigenvalue weighted by molar-refractivity contribution is -0.136. The maximum atomic E-state index is 10.6. The molecule has 0 aliphatic heterocycles. The fourth-order valence-corrected chi connectivity index (χ4v) is 1.87. The van der Waals surface area contributed by atoms with Crippen LogP contribution in [0.25, 0.3) is 10.9 Å². The van der Waals surface area contributed by atoms with Crippen molar-refractivity contribution < 1.29 is 19.4 Å². The second-order valence-corrected chi connectivity index (χ2v) is 4.10. The molecule has 0 saturated heterocycles. The molecule has 0 spiro atoms. The average Bonchev–Trinajstić information content (AvgIpc) is 2.43. The molecular weight excluding hydrogens is 246 g/mol. The zero-order valence-corrected chi connectivity index (χ0v) is 10.8. The number of rotatable bonds is 5. The highest BCUT2D eigenvalue weighted by Crippen LogP contribution is 2.31. The number of hydrogen-bond donors (Lipinski definition) is 1. The van der Waals surface area contributed by atoms with Crippen molar-refractivity contribution >= 4 is 16.9 Å². The summed E-state index contributed by atoms with van der Waals surface area (Å²) in [5, 5.41) is 9.60. The summed E-state index contributed by atoms with van der Waals surface area (Å²) in [5.41, 5.74) is 1.52. The number of benzene rings is 1. The molecule has 1 N–H and O–H groups in total. The molecule has 1 aromatic heterocycles. The number of carboxylic acids is 1. The first kappa shape index (κ1) is 13.1. The Morgan fingerprint density at radius 1 is 1.21 bits per heavy atom. The molecule has 2 aromatic rings. The van der Waals surface area contributed by atoms with E-state index in [9.17, 15) is 4.79 Å². The fraction of sp³-hybridized carbons (Fsp3) is 0.286. The Labute approximate surface area is 110 Å². The smallest absolute Gasteiger partial charge is 0.303 e. The molecule has 0 fully saturated rings. The van der Waals surface area contributed by atoms with Gasteiger partial charge in [0.15, 0.2) is 11.5 Å². The Kier molecular flexibility index (Phi) is 3.85. The zero-order chi connectivity index (χ0) is 13.8. The van der Waals surface area contributed by atoms with E-state index < -0.39 is 5.97 Å². The van der Waals surface area contributed by atoms with Gasteiger partial charge in [0.1, 0.15) is 0 Å². The van der Waals surface area contributed by atoms with E-state index in [0.29, 0.717) is 17.9 Å². The van der Waals surface area contributed by atoms with Crippen molar-refractivity contribution in [2.24, 2.45) is 0 Å². The zero-order valence-electron chi connectivity index (χ0n) is 10.8. The van der Waals surface area contributed by atoms with Crippen LogP contribution >= 0.6 is 0 Å². The quantitative estimate of drug-likeness (QED) is 0.894. The molecular formula is C14H15NO4. The van der Waals surface area contributed by atoms with Gasteiger partial charge in [-0.25, -0.2) is 0 Å². The molecule has 1 aromatic carbocycles. The van der Waals surface area contributed by atoms with E-state index in [4.69, 9.17) is 14.6 Å². The van der Waals surface area contributed by atoms with Gasteiger partial charge in [-0.1, -0.05) is 6.07 Å². The maximum Gasteiger partial charge on any atom is 0.303 e. The van der Waals surface area contributed by atoms with Crippen LogP contribution in [0.15, 0.2) is 24.3 Å². The minimum Gasteiger partial charge on any atom is -0.493 e. The normalized spacial score (nSPS) is 10.4. The minimum absolute atomic E-state index is 0.0752. The van der Waals surface area contributed by atoms with Crippen molar-refractivity contribution in [3.63, 3.8) is 0 Å². The molecule has 0 amide bonds. The lowest BCUT2D eigenvalue weighted by atomic mass is 10.1. The number of carboxylic acid groups (broad SMARTS) is 1. The first-order valence-corrected chi connectivity index (χ1v) is 5.87. The standard InChI is InChI=1S/C14H15NO4/c1-18-12-7-9-3-4-10(5-6-14(16)17)15-11(9)8-13(12)19-2/h3-4,7-8H,5-6H2,1-2H3,(H,16,17). The van der Waals surface area contributed by atoms with Crippen LogP contribution in [0.2, 0.25) is 0 Å². The van der Waals surface area contributed by atoms with E-state index in [1.807, 2.05) is 18.2 Å². The molecule has 0 bridgehead atoms. The molecule has 0 aliphatic carbocycles. The van der Waals surface area contributed by atoms with Crippen LogP contribution in [0.3, 0.4) is 0 Å². The third-order valence-electron chi connectivity index (χ3n) is 2.85. The van der Waals surface area contributed by atoms with Crippen molar-refractivity contribution in [1.29, 1.82) is 0 Å². The average molecular weight is 261 g/mol. The van der Waals surface area contributed by atoms with E-state index in [1.165, 1.54) is 0 Å². The number of nitrogens with zero attached hydrogens (tertiary/aromatic N) is 1. The Bertz CT molecular complexity index is 610. The van der Waals surface area contributed by atoms with Crippen LogP contribution in [0.1, 0.15) is 12.1 Å². The van der Waals surface area contributed by atoms with Gasteiger partial charge < -0.3 is 14.6 Å². The maximum absolute atomic E-state index is 10.6. The summed E-state index contributed by atoms with van der Waals surface area (Å²) in [6, 6.07) is 7.37. The number of aliphatic carboxylic acids is 1. The summed E-state index contributed by atoms with van der Waals surface area (Å²) in [6.45, 7) is 0. The molecule has 0 unspecified atom stereocenters. The van der Waals surface area contributed by atoms with E-state index in [2.05, 4.69) is 4.98 Å². The highest BCUT2D eigenvalue weighted by atomic mass is 16.5. The molecule has 5 nitrogen and oxygen atoms in total. The van der Waals surface area contributed by atoms with Gasteiger partial charge in [0.05, 0.1) is 26.2 Å². The molecule has 19 heavy (non-hydrogen) atoms. The van der Waals surface area contributed by atoms with Crippen molar-refractivity contribution in [3.8, 4) is 11.5 Å². The van der Waals surface area contributed by atoms with Gasteiger partial charge in [-0.05, 0) is 12.1 Å². The third kappa shape index (κ3) is 2.93. The Hall–Kier alpha value is -2.30. The second-order valence-electron chi connectivity index (χ2n) is 4.10. The number of pyridine rings is 1. The number of methoxy groups -OCH3 is 2. The lowest BCUT2D eigenvalue weighted by Gasteiger charge is -2.09. The van der Waals surface area contributed by atoms with Gasteiger partial charge in [-0.3, -0.25) is 9.78 Å². The van der Waals surface area contributed by atoms with E-state index >= 15 is 0 Å². The van der Waals surface area contributed by atoms with Crippen LogP contribution in [0.5, 0.6) is 11.5 Å². The predicted octanol–water partition coefficient (Wildman–Crippen LogP) is 2.27. The van der Waals surface area contributed by atoms with Crippen molar-refractivity contribution in [3.05, 3.63) is 30.0 Å². The van der Waals surface area contributed by atoms with Gasteiger partial charge in [0.25, 0.3) is 0 Å². The Morgan fingerprint density at radius 3 is 2.53 bits per heavy atom. The number of ether oxygens (including phenoxy) is 2. The molecule has 100 valence electrons. The van der Waals surface area contributed by atoms with Crippen molar-refractivity contribution in [1.82, 2.24) is 4.98 Å². The molecule has 0 saturated carbocycles. The Morgan fingerprint density at radius 2 is 1.89 bits per heavy atom. The number of carbonyl (C=O) groups is 1. The fourth-order valence-electron chi connectivity index (χ4n) is 1.87.